The number of furan rings is 1. The highest BCUT2D eigenvalue weighted by atomic mass is 79.9. The molecule has 1 aromatic heterocycles. The first-order valence-corrected chi connectivity index (χ1v) is 10.6. The number of hydrazone groups is 1. The number of halogens is 4. The quantitative estimate of drug-likeness (QED) is 0.272. The number of carbonyl (C=O) groups excluding carboxylic acids is 1. The van der Waals surface area contributed by atoms with E-state index >= 15 is 0 Å². The Kier molecular flexibility index (Phi) is 7.40. The molecule has 9 heteroatoms. The lowest BCUT2D eigenvalue weighted by Crippen LogP contribution is -2.24. The Morgan fingerprint density at radius 2 is 1.90 bits per heavy atom. The van der Waals surface area contributed by atoms with Gasteiger partial charge < -0.3 is 9.15 Å². The molecule has 0 aliphatic carbocycles. The van der Waals surface area contributed by atoms with Gasteiger partial charge in [0.2, 0.25) is 0 Å². The number of carbonyl (C=O) groups is 1. The van der Waals surface area contributed by atoms with E-state index in [4.69, 9.17) is 32.4 Å². The van der Waals surface area contributed by atoms with Gasteiger partial charge >= 0.3 is 0 Å². The Morgan fingerprint density at radius 1 is 1.17 bits per heavy atom. The third-order valence-electron chi connectivity index (χ3n) is 3.69. The fourth-order valence-corrected chi connectivity index (χ4v) is 4.56. The molecular formula is C20H14Br2Cl2N2O3. The summed E-state index contributed by atoms with van der Waals surface area (Å²) in [6.45, 7) is 1.77. The van der Waals surface area contributed by atoms with E-state index in [1.165, 1.54) is 6.21 Å². The van der Waals surface area contributed by atoms with Crippen LogP contribution in [-0.2, 0) is 4.79 Å². The lowest BCUT2D eigenvalue weighted by atomic mass is 10.2. The molecule has 0 spiro atoms. The van der Waals surface area contributed by atoms with Crippen molar-refractivity contribution in [2.75, 3.05) is 6.61 Å². The van der Waals surface area contributed by atoms with Crippen LogP contribution in [0.1, 0.15) is 11.3 Å². The zero-order valence-electron chi connectivity index (χ0n) is 15.0. The second kappa shape index (κ2) is 9.80. The molecule has 150 valence electrons. The molecule has 0 aliphatic rings. The molecule has 3 rings (SSSR count). The topological polar surface area (TPSA) is 63.8 Å². The van der Waals surface area contributed by atoms with Crippen LogP contribution in [0, 0.1) is 6.92 Å². The molecule has 0 saturated carbocycles. The highest BCUT2D eigenvalue weighted by molar-refractivity contribution is 9.11. The summed E-state index contributed by atoms with van der Waals surface area (Å²) < 4.78 is 12.7. The maximum atomic E-state index is 12.0. The lowest BCUT2D eigenvalue weighted by Gasteiger charge is -2.10. The minimum Gasteiger partial charge on any atom is -0.481 e. The number of hydrogen-bond donors (Lipinski definition) is 1. The normalized spacial score (nSPS) is 11.1. The molecule has 1 heterocycles. The second-order valence-electron chi connectivity index (χ2n) is 5.97. The van der Waals surface area contributed by atoms with Gasteiger partial charge in [0, 0.05) is 10.6 Å². The van der Waals surface area contributed by atoms with Crippen molar-refractivity contribution in [2.24, 2.45) is 5.10 Å². The predicted octanol–water partition coefficient (Wildman–Crippen LogP) is 6.62. The van der Waals surface area contributed by atoms with E-state index in [0.717, 1.165) is 14.5 Å². The van der Waals surface area contributed by atoms with Gasteiger partial charge in [-0.1, -0.05) is 23.2 Å². The van der Waals surface area contributed by atoms with E-state index in [1.807, 2.05) is 19.1 Å². The van der Waals surface area contributed by atoms with Crippen molar-refractivity contribution < 1.29 is 13.9 Å². The Labute approximate surface area is 194 Å². The van der Waals surface area contributed by atoms with Crippen molar-refractivity contribution in [3.05, 3.63) is 72.8 Å². The number of hydrogen-bond acceptors (Lipinski definition) is 4. The summed E-state index contributed by atoms with van der Waals surface area (Å²) in [4.78, 5) is 12.0. The number of nitrogens with one attached hydrogen (secondary N) is 1. The van der Waals surface area contributed by atoms with Crippen LogP contribution >= 0.6 is 55.1 Å². The Morgan fingerprint density at radius 3 is 2.59 bits per heavy atom. The number of rotatable bonds is 6. The number of aryl methyl sites for hydroxylation is 1. The first-order chi connectivity index (χ1) is 13.8. The van der Waals surface area contributed by atoms with Gasteiger partial charge in [-0.15, -0.1) is 0 Å². The Bertz CT molecular complexity index is 1060. The summed E-state index contributed by atoms with van der Waals surface area (Å²) in [5, 5.41) is 4.90. The van der Waals surface area contributed by atoms with Crippen molar-refractivity contribution in [3.8, 4) is 17.1 Å². The van der Waals surface area contributed by atoms with E-state index < -0.39 is 5.91 Å². The van der Waals surface area contributed by atoms with Crippen LogP contribution in [0.15, 0.2) is 60.9 Å². The van der Waals surface area contributed by atoms with Gasteiger partial charge in [-0.05, 0) is 86.8 Å². The van der Waals surface area contributed by atoms with Gasteiger partial charge in [-0.25, -0.2) is 5.43 Å². The Balaban J connectivity index is 1.56. The van der Waals surface area contributed by atoms with Gasteiger partial charge in [-0.2, -0.15) is 5.10 Å². The summed E-state index contributed by atoms with van der Waals surface area (Å²) in [6, 6.07) is 12.4. The van der Waals surface area contributed by atoms with Crippen molar-refractivity contribution in [1.29, 1.82) is 0 Å². The van der Waals surface area contributed by atoms with E-state index in [0.29, 0.717) is 32.9 Å². The van der Waals surface area contributed by atoms with Gasteiger partial charge in [0.05, 0.1) is 20.2 Å². The molecule has 0 radical (unpaired) electrons. The van der Waals surface area contributed by atoms with Gasteiger partial charge in [-0.3, -0.25) is 4.79 Å². The van der Waals surface area contributed by atoms with Gasteiger partial charge in [0.25, 0.3) is 5.91 Å². The second-order valence-corrected chi connectivity index (χ2v) is 8.52. The van der Waals surface area contributed by atoms with Crippen molar-refractivity contribution in [2.45, 2.75) is 6.92 Å². The van der Waals surface area contributed by atoms with Crippen molar-refractivity contribution in [1.82, 2.24) is 5.43 Å². The van der Waals surface area contributed by atoms with E-state index in [9.17, 15) is 4.79 Å². The SMILES string of the molecule is Cc1cc(Br)c(OCC(=O)NN=Cc2ccc(-c3ccc(Cl)cc3Cl)o2)c(Br)c1. The number of ether oxygens (including phenoxy) is 1. The first kappa shape index (κ1) is 21.9. The minimum absolute atomic E-state index is 0.193. The molecule has 0 fully saturated rings. The van der Waals surface area contributed by atoms with Crippen LogP contribution in [0.5, 0.6) is 5.75 Å². The van der Waals surface area contributed by atoms with E-state index in [2.05, 4.69) is 42.4 Å². The summed E-state index contributed by atoms with van der Waals surface area (Å²) in [5.41, 5.74) is 4.16. The summed E-state index contributed by atoms with van der Waals surface area (Å²) in [7, 11) is 0. The summed E-state index contributed by atoms with van der Waals surface area (Å²) in [6.07, 6.45) is 1.39. The molecule has 0 aliphatic heterocycles. The highest BCUT2D eigenvalue weighted by Gasteiger charge is 2.11. The molecule has 5 nitrogen and oxygen atoms in total. The van der Waals surface area contributed by atoms with Crippen molar-refractivity contribution >= 4 is 67.2 Å². The number of amides is 1. The zero-order chi connectivity index (χ0) is 21.0. The van der Waals surface area contributed by atoms with Crippen LogP contribution in [0.3, 0.4) is 0 Å². The molecule has 29 heavy (non-hydrogen) atoms. The predicted molar refractivity (Wildman–Crippen MR) is 122 cm³/mol. The average molecular weight is 561 g/mol. The minimum atomic E-state index is -0.409. The summed E-state index contributed by atoms with van der Waals surface area (Å²) in [5.74, 6) is 1.16. The molecule has 3 aromatic rings. The van der Waals surface area contributed by atoms with Gasteiger partial charge in [0.1, 0.15) is 17.3 Å². The van der Waals surface area contributed by atoms with E-state index in [1.54, 1.807) is 30.3 Å². The molecule has 0 bridgehead atoms. The van der Waals surface area contributed by atoms with Crippen LogP contribution < -0.4 is 10.2 Å². The third kappa shape index (κ3) is 5.85. The van der Waals surface area contributed by atoms with Gasteiger partial charge in [0.15, 0.2) is 6.61 Å². The molecule has 0 unspecified atom stereocenters. The zero-order valence-corrected chi connectivity index (χ0v) is 19.7. The van der Waals surface area contributed by atoms with Crippen molar-refractivity contribution in [3.63, 3.8) is 0 Å². The number of benzene rings is 2. The smallest absolute Gasteiger partial charge is 0.277 e. The fourth-order valence-electron chi connectivity index (χ4n) is 2.42. The standard InChI is InChI=1S/C20H14Br2Cl2N2O3/c1-11-6-15(21)20(16(22)7-11)28-10-19(27)26-25-9-13-3-5-18(29-13)14-4-2-12(23)8-17(14)24/h2-9H,10H2,1H3,(H,26,27). The first-order valence-electron chi connectivity index (χ1n) is 8.29. The molecule has 0 atom stereocenters. The largest absolute Gasteiger partial charge is 0.481 e. The monoisotopic (exact) mass is 558 g/mol. The Hall–Kier alpha value is -1.80. The van der Waals surface area contributed by atoms with Crippen LogP contribution in [-0.4, -0.2) is 18.7 Å². The highest BCUT2D eigenvalue weighted by Crippen LogP contribution is 2.34. The molecular weight excluding hydrogens is 547 g/mol. The average Bonchev–Trinajstić information content (AvgIpc) is 3.09. The molecule has 1 amide bonds. The van der Waals surface area contributed by atoms with Crippen LogP contribution in [0.25, 0.3) is 11.3 Å². The van der Waals surface area contributed by atoms with Crippen LogP contribution in [0.2, 0.25) is 10.0 Å². The molecule has 2 aromatic carbocycles. The third-order valence-corrected chi connectivity index (χ3v) is 5.42. The summed E-state index contributed by atoms with van der Waals surface area (Å²) >= 11 is 18.9. The molecule has 0 saturated heterocycles. The number of nitrogens with zero attached hydrogens (tertiary/aromatic N) is 1. The molecule has 1 N–H and O–H groups in total. The lowest BCUT2D eigenvalue weighted by molar-refractivity contribution is -0.123. The maximum Gasteiger partial charge on any atom is 0.277 e. The maximum absolute atomic E-state index is 12.0. The van der Waals surface area contributed by atoms with E-state index in [-0.39, 0.29) is 6.61 Å². The fraction of sp³-hybridized carbons (Fsp3) is 0.100. The van der Waals surface area contributed by atoms with Crippen LogP contribution in [0.4, 0.5) is 0 Å².